The average Bonchev–Trinajstić information content (AvgIpc) is 3.29. The number of hydrogen-bond acceptors (Lipinski definition) is 4. The van der Waals surface area contributed by atoms with Crippen LogP contribution in [0.3, 0.4) is 0 Å². The van der Waals surface area contributed by atoms with E-state index in [4.69, 9.17) is 4.74 Å². The Balaban J connectivity index is 1.44. The highest BCUT2D eigenvalue weighted by molar-refractivity contribution is 5.98. The molecular weight excluding hydrogens is 473 g/mol. The van der Waals surface area contributed by atoms with Gasteiger partial charge in [-0.15, -0.1) is 0 Å². The zero-order chi connectivity index (χ0) is 25.9. The molecule has 1 saturated carbocycles. The van der Waals surface area contributed by atoms with Crippen molar-refractivity contribution in [2.75, 3.05) is 18.5 Å². The number of halogens is 3. The first-order valence-corrected chi connectivity index (χ1v) is 12.3. The molecule has 6 nitrogen and oxygen atoms in total. The quantitative estimate of drug-likeness (QED) is 0.511. The predicted molar refractivity (Wildman–Crippen MR) is 129 cm³/mol. The maximum Gasteiger partial charge on any atom is 0.416 e. The standard InChI is InChI=1S/C27H31F3N2O4/c1-31-23(26(34)35)15-25(33)32-12-11-19-14-20(8-10-24(19)32)36-16-17-7-9-21(18-5-3-2-4-6-18)22(13-17)27(28,29)30/h7-10,13-14,18,23,31H,2-6,11-12,15-16H2,1H3,(H,34,35). The topological polar surface area (TPSA) is 78.9 Å². The summed E-state index contributed by atoms with van der Waals surface area (Å²) < 4.78 is 47.3. The third-order valence-corrected chi connectivity index (χ3v) is 7.15. The number of fused-ring (bicyclic) bond motifs is 1. The molecule has 194 valence electrons. The lowest BCUT2D eigenvalue weighted by Crippen LogP contribution is -2.40. The minimum atomic E-state index is -4.42. The summed E-state index contributed by atoms with van der Waals surface area (Å²) in [7, 11) is 1.49. The van der Waals surface area contributed by atoms with Gasteiger partial charge in [-0.05, 0) is 73.2 Å². The van der Waals surface area contributed by atoms with Crippen molar-refractivity contribution in [2.45, 2.75) is 69.7 Å². The maximum absolute atomic E-state index is 13.8. The summed E-state index contributed by atoms with van der Waals surface area (Å²) in [6.45, 7) is 0.434. The highest BCUT2D eigenvalue weighted by Crippen LogP contribution is 2.41. The molecule has 1 amide bonds. The molecule has 2 aromatic carbocycles. The second-order valence-corrected chi connectivity index (χ2v) is 9.51. The number of carboxylic acids is 1. The summed E-state index contributed by atoms with van der Waals surface area (Å²) in [5.41, 5.74) is 1.84. The number of alkyl halides is 3. The molecule has 1 heterocycles. The first kappa shape index (κ1) is 26.0. The summed E-state index contributed by atoms with van der Waals surface area (Å²) in [5.74, 6) is -0.922. The van der Waals surface area contributed by atoms with Crippen LogP contribution in [0.1, 0.15) is 66.7 Å². The Bertz CT molecular complexity index is 1110. The van der Waals surface area contributed by atoms with Crippen molar-refractivity contribution < 1.29 is 32.6 Å². The van der Waals surface area contributed by atoms with Crippen LogP contribution in [0.25, 0.3) is 0 Å². The van der Waals surface area contributed by atoms with Crippen molar-refractivity contribution in [1.82, 2.24) is 5.32 Å². The molecule has 1 aliphatic carbocycles. The SMILES string of the molecule is CNC(CC(=O)N1CCc2cc(OCc3ccc(C4CCCCC4)c(C(F)(F)F)c3)ccc21)C(=O)O. The minimum absolute atomic E-state index is 0.00206. The third-order valence-electron chi connectivity index (χ3n) is 7.15. The fourth-order valence-corrected chi connectivity index (χ4v) is 5.20. The van der Waals surface area contributed by atoms with Crippen molar-refractivity contribution in [3.8, 4) is 5.75 Å². The van der Waals surface area contributed by atoms with E-state index in [1.165, 1.54) is 13.1 Å². The molecule has 2 aromatic rings. The molecule has 1 unspecified atom stereocenters. The van der Waals surface area contributed by atoms with Crippen LogP contribution in [0, 0.1) is 0 Å². The molecule has 36 heavy (non-hydrogen) atoms. The van der Waals surface area contributed by atoms with Crippen LogP contribution in [0.4, 0.5) is 18.9 Å². The molecule has 0 spiro atoms. The zero-order valence-corrected chi connectivity index (χ0v) is 20.2. The van der Waals surface area contributed by atoms with Crippen LogP contribution in [0.5, 0.6) is 5.75 Å². The summed E-state index contributed by atoms with van der Waals surface area (Å²) in [4.78, 5) is 25.4. The van der Waals surface area contributed by atoms with Gasteiger partial charge in [0.25, 0.3) is 0 Å². The van der Waals surface area contributed by atoms with Crippen LogP contribution >= 0.6 is 0 Å². The largest absolute Gasteiger partial charge is 0.489 e. The second kappa shape index (κ2) is 10.9. The van der Waals surface area contributed by atoms with Gasteiger partial charge in [0, 0.05) is 12.2 Å². The van der Waals surface area contributed by atoms with Crippen molar-refractivity contribution in [3.05, 3.63) is 58.7 Å². The number of carboxylic acid groups (broad SMARTS) is 1. The summed E-state index contributed by atoms with van der Waals surface area (Å²) in [5, 5.41) is 11.8. The monoisotopic (exact) mass is 504 g/mol. The van der Waals surface area contributed by atoms with Crippen LogP contribution in [0.15, 0.2) is 36.4 Å². The number of likely N-dealkylation sites (N-methyl/N-ethyl adjacent to an activating group) is 1. The number of aliphatic carboxylic acids is 1. The predicted octanol–water partition coefficient (Wildman–Crippen LogP) is 5.28. The maximum atomic E-state index is 13.8. The molecule has 1 atom stereocenters. The van der Waals surface area contributed by atoms with E-state index in [1.54, 1.807) is 35.2 Å². The molecule has 2 aliphatic rings. The summed E-state index contributed by atoms with van der Waals surface area (Å²) >= 11 is 0. The van der Waals surface area contributed by atoms with Gasteiger partial charge >= 0.3 is 12.1 Å². The second-order valence-electron chi connectivity index (χ2n) is 9.51. The number of carbonyl (C=O) groups is 2. The van der Waals surface area contributed by atoms with E-state index >= 15 is 0 Å². The Hall–Kier alpha value is -3.07. The van der Waals surface area contributed by atoms with Gasteiger partial charge in [0.1, 0.15) is 18.4 Å². The average molecular weight is 505 g/mol. The van der Waals surface area contributed by atoms with Gasteiger partial charge in [-0.25, -0.2) is 0 Å². The molecule has 4 rings (SSSR count). The molecular formula is C27H31F3N2O4. The summed E-state index contributed by atoms with van der Waals surface area (Å²) in [6.07, 6.45) is 0.590. The third kappa shape index (κ3) is 5.83. The lowest BCUT2D eigenvalue weighted by atomic mass is 9.81. The number of hydrogen-bond donors (Lipinski definition) is 2. The highest BCUT2D eigenvalue weighted by Gasteiger charge is 2.36. The molecule has 1 fully saturated rings. The smallest absolute Gasteiger partial charge is 0.416 e. The normalized spacial score (nSPS) is 17.1. The number of ether oxygens (including phenoxy) is 1. The van der Waals surface area contributed by atoms with Crippen molar-refractivity contribution in [3.63, 3.8) is 0 Å². The van der Waals surface area contributed by atoms with Gasteiger partial charge in [-0.1, -0.05) is 31.4 Å². The Labute approximate surface area is 208 Å². The first-order chi connectivity index (χ1) is 17.2. The lowest BCUT2D eigenvalue weighted by Gasteiger charge is -2.25. The van der Waals surface area contributed by atoms with E-state index in [2.05, 4.69) is 5.32 Å². The van der Waals surface area contributed by atoms with Gasteiger partial charge in [0.05, 0.1) is 12.0 Å². The number of nitrogens with zero attached hydrogens (tertiary/aromatic N) is 1. The van der Waals surface area contributed by atoms with Crippen LogP contribution in [-0.4, -0.2) is 36.6 Å². The number of rotatable bonds is 8. The van der Waals surface area contributed by atoms with Gasteiger partial charge in [-0.3, -0.25) is 9.59 Å². The molecule has 0 bridgehead atoms. The van der Waals surface area contributed by atoms with E-state index in [0.717, 1.165) is 37.7 Å². The molecule has 0 aromatic heterocycles. The molecule has 1 aliphatic heterocycles. The fraction of sp³-hybridized carbons (Fsp3) is 0.481. The van der Waals surface area contributed by atoms with E-state index in [-0.39, 0.29) is 24.9 Å². The summed E-state index contributed by atoms with van der Waals surface area (Å²) in [6, 6.07) is 8.77. The molecule has 0 saturated heterocycles. The van der Waals surface area contributed by atoms with Crippen LogP contribution in [-0.2, 0) is 28.8 Å². The number of anilines is 1. The van der Waals surface area contributed by atoms with Crippen molar-refractivity contribution in [1.29, 1.82) is 0 Å². The molecule has 2 N–H and O–H groups in total. The Kier molecular flexibility index (Phi) is 7.88. The molecule has 0 radical (unpaired) electrons. The molecule has 9 heteroatoms. The number of nitrogens with one attached hydrogen (secondary N) is 1. The van der Waals surface area contributed by atoms with Gasteiger partial charge in [0.2, 0.25) is 5.91 Å². The minimum Gasteiger partial charge on any atom is -0.489 e. The van der Waals surface area contributed by atoms with Crippen molar-refractivity contribution in [2.24, 2.45) is 0 Å². The lowest BCUT2D eigenvalue weighted by molar-refractivity contribution is -0.141. The first-order valence-electron chi connectivity index (χ1n) is 12.3. The Morgan fingerprint density at radius 2 is 1.89 bits per heavy atom. The van der Waals surface area contributed by atoms with Crippen molar-refractivity contribution >= 4 is 17.6 Å². The van der Waals surface area contributed by atoms with Crippen LogP contribution in [0.2, 0.25) is 0 Å². The van der Waals surface area contributed by atoms with E-state index < -0.39 is 23.8 Å². The van der Waals surface area contributed by atoms with E-state index in [1.807, 2.05) is 0 Å². The van der Waals surface area contributed by atoms with E-state index in [0.29, 0.717) is 35.5 Å². The van der Waals surface area contributed by atoms with Crippen LogP contribution < -0.4 is 15.0 Å². The van der Waals surface area contributed by atoms with Gasteiger partial charge < -0.3 is 20.1 Å². The van der Waals surface area contributed by atoms with Gasteiger partial charge in [0.15, 0.2) is 0 Å². The Morgan fingerprint density at radius 3 is 2.56 bits per heavy atom. The Morgan fingerprint density at radius 1 is 1.14 bits per heavy atom. The number of amides is 1. The zero-order valence-electron chi connectivity index (χ0n) is 20.2. The number of carbonyl (C=O) groups excluding carboxylic acids is 1. The fourth-order valence-electron chi connectivity index (χ4n) is 5.20. The van der Waals surface area contributed by atoms with E-state index in [9.17, 15) is 27.9 Å². The number of benzene rings is 2. The highest BCUT2D eigenvalue weighted by atomic mass is 19.4. The van der Waals surface area contributed by atoms with Gasteiger partial charge in [-0.2, -0.15) is 13.2 Å².